The Balaban J connectivity index is 2.15. The third-order valence-corrected chi connectivity index (χ3v) is 2.72. The number of aromatic carboxylic acids is 1. The van der Waals surface area contributed by atoms with Crippen molar-refractivity contribution in [3.8, 4) is 5.75 Å². The Labute approximate surface area is 120 Å². The molecule has 21 heavy (non-hydrogen) atoms. The molecule has 0 heterocycles. The number of hydrogen-bond donors (Lipinski definition) is 5. The predicted octanol–water partition coefficient (Wildman–Crippen LogP) is 2.32. The average Bonchev–Trinajstić information content (AvgIpc) is 2.43. The number of nitrogens with one attached hydrogen (secondary N) is 2. The van der Waals surface area contributed by atoms with Crippen LogP contribution in [0.15, 0.2) is 42.5 Å². The second-order valence-corrected chi connectivity index (χ2v) is 4.17. The molecule has 0 aliphatic carbocycles. The lowest BCUT2D eigenvalue weighted by molar-refractivity contribution is 0.0694. The highest BCUT2D eigenvalue weighted by molar-refractivity contribution is 6.03. The monoisotopic (exact) mass is 287 g/mol. The fourth-order valence-corrected chi connectivity index (χ4v) is 1.70. The summed E-state index contributed by atoms with van der Waals surface area (Å²) in [6.07, 6.45) is 0. The second-order valence-electron chi connectivity index (χ2n) is 4.17. The number of nitrogen functional groups attached to an aromatic ring is 1. The van der Waals surface area contributed by atoms with Gasteiger partial charge in [0.1, 0.15) is 5.56 Å². The summed E-state index contributed by atoms with van der Waals surface area (Å²) in [6, 6.07) is 10.0. The molecular formula is C14H13N3O4. The van der Waals surface area contributed by atoms with Gasteiger partial charge in [-0.25, -0.2) is 9.59 Å². The molecule has 0 spiro atoms. The Morgan fingerprint density at radius 2 is 1.57 bits per heavy atom. The Morgan fingerprint density at radius 3 is 2.24 bits per heavy atom. The fraction of sp³-hybridized carbons (Fsp3) is 0. The number of carboxylic acids is 1. The van der Waals surface area contributed by atoms with E-state index in [1.54, 1.807) is 24.3 Å². The molecule has 0 atom stereocenters. The summed E-state index contributed by atoms with van der Waals surface area (Å²) in [5.74, 6) is -1.80. The summed E-state index contributed by atoms with van der Waals surface area (Å²) in [4.78, 5) is 22.7. The number of anilines is 3. The lowest BCUT2D eigenvalue weighted by Crippen LogP contribution is -2.20. The first-order chi connectivity index (χ1) is 9.99. The van der Waals surface area contributed by atoms with Gasteiger partial charge in [-0.2, -0.15) is 0 Å². The van der Waals surface area contributed by atoms with E-state index >= 15 is 0 Å². The number of rotatable bonds is 3. The fourth-order valence-electron chi connectivity index (χ4n) is 1.70. The van der Waals surface area contributed by atoms with E-state index in [9.17, 15) is 14.7 Å². The van der Waals surface area contributed by atoms with E-state index in [-0.39, 0.29) is 11.3 Å². The lowest BCUT2D eigenvalue weighted by atomic mass is 10.1. The number of nitrogens with two attached hydrogens (primary N) is 1. The van der Waals surface area contributed by atoms with Crippen molar-refractivity contribution in [3.05, 3.63) is 48.0 Å². The van der Waals surface area contributed by atoms with Crippen LogP contribution in [-0.2, 0) is 0 Å². The Kier molecular flexibility index (Phi) is 3.94. The van der Waals surface area contributed by atoms with Crippen molar-refractivity contribution < 1.29 is 19.8 Å². The van der Waals surface area contributed by atoms with Crippen molar-refractivity contribution in [2.24, 2.45) is 0 Å². The first-order valence-electron chi connectivity index (χ1n) is 5.97. The van der Waals surface area contributed by atoms with Crippen LogP contribution in [-0.4, -0.2) is 22.2 Å². The highest BCUT2D eigenvalue weighted by Gasteiger charge is 2.14. The second kappa shape index (κ2) is 5.83. The molecule has 0 aliphatic rings. The third-order valence-electron chi connectivity index (χ3n) is 2.72. The zero-order chi connectivity index (χ0) is 15.4. The van der Waals surface area contributed by atoms with E-state index in [0.29, 0.717) is 11.4 Å². The molecule has 108 valence electrons. The molecule has 2 aromatic carbocycles. The number of urea groups is 1. The zero-order valence-electron chi connectivity index (χ0n) is 10.8. The zero-order valence-corrected chi connectivity index (χ0v) is 10.8. The number of carbonyl (C=O) groups is 2. The summed E-state index contributed by atoms with van der Waals surface area (Å²) in [5.41, 5.74) is 6.17. The van der Waals surface area contributed by atoms with Crippen LogP contribution < -0.4 is 16.4 Å². The van der Waals surface area contributed by atoms with Crippen molar-refractivity contribution in [2.45, 2.75) is 0 Å². The maximum Gasteiger partial charge on any atom is 0.339 e. The maximum absolute atomic E-state index is 11.8. The smallest absolute Gasteiger partial charge is 0.339 e. The summed E-state index contributed by atoms with van der Waals surface area (Å²) >= 11 is 0. The van der Waals surface area contributed by atoms with Crippen LogP contribution in [0.2, 0.25) is 0 Å². The Morgan fingerprint density at radius 1 is 0.952 bits per heavy atom. The van der Waals surface area contributed by atoms with Gasteiger partial charge in [0.2, 0.25) is 0 Å². The van der Waals surface area contributed by atoms with Crippen LogP contribution in [0.25, 0.3) is 0 Å². The van der Waals surface area contributed by atoms with Crippen LogP contribution in [0.1, 0.15) is 10.4 Å². The van der Waals surface area contributed by atoms with Crippen molar-refractivity contribution in [1.29, 1.82) is 0 Å². The summed E-state index contributed by atoms with van der Waals surface area (Å²) in [6.45, 7) is 0. The van der Waals surface area contributed by atoms with Crippen LogP contribution in [0.4, 0.5) is 21.9 Å². The molecule has 0 aromatic heterocycles. The van der Waals surface area contributed by atoms with Gasteiger partial charge in [-0.1, -0.05) is 18.2 Å². The molecule has 0 radical (unpaired) electrons. The number of hydrogen-bond acceptors (Lipinski definition) is 4. The van der Waals surface area contributed by atoms with Gasteiger partial charge in [0.05, 0.1) is 17.1 Å². The molecule has 7 heteroatoms. The molecule has 0 fully saturated rings. The van der Waals surface area contributed by atoms with Gasteiger partial charge in [-0.3, -0.25) is 0 Å². The average molecular weight is 287 g/mol. The molecule has 0 aliphatic heterocycles. The van der Waals surface area contributed by atoms with Gasteiger partial charge in [0, 0.05) is 0 Å². The Bertz CT molecular complexity index is 700. The molecule has 2 rings (SSSR count). The normalized spacial score (nSPS) is 9.90. The summed E-state index contributed by atoms with van der Waals surface area (Å²) in [5, 5.41) is 23.5. The first kappa shape index (κ1) is 14.2. The van der Waals surface area contributed by atoms with Crippen LogP contribution in [0, 0.1) is 0 Å². The highest BCUT2D eigenvalue weighted by atomic mass is 16.4. The maximum atomic E-state index is 11.8. The molecule has 0 saturated carbocycles. The lowest BCUT2D eigenvalue weighted by Gasteiger charge is -2.11. The van der Waals surface area contributed by atoms with Gasteiger partial charge in [-0.15, -0.1) is 0 Å². The van der Waals surface area contributed by atoms with E-state index in [1.807, 2.05) is 0 Å². The molecular weight excluding hydrogens is 274 g/mol. The quantitative estimate of drug-likeness (QED) is 0.437. The topological polar surface area (TPSA) is 125 Å². The van der Waals surface area contributed by atoms with E-state index in [4.69, 9.17) is 10.8 Å². The molecule has 2 aromatic rings. The number of para-hydroxylation sites is 3. The van der Waals surface area contributed by atoms with E-state index < -0.39 is 17.7 Å². The number of carbonyl (C=O) groups excluding carboxylic acids is 1. The van der Waals surface area contributed by atoms with Crippen LogP contribution in [0.3, 0.4) is 0 Å². The number of benzene rings is 2. The number of amides is 2. The SMILES string of the molecule is Nc1ccccc1NC(=O)Nc1cccc(C(=O)O)c1O. The van der Waals surface area contributed by atoms with Crippen molar-refractivity contribution >= 4 is 29.1 Å². The molecule has 2 amide bonds. The molecule has 6 N–H and O–H groups in total. The summed E-state index contributed by atoms with van der Waals surface area (Å²) < 4.78 is 0. The number of phenols is 1. The van der Waals surface area contributed by atoms with Gasteiger partial charge in [-0.05, 0) is 24.3 Å². The van der Waals surface area contributed by atoms with E-state index in [1.165, 1.54) is 18.2 Å². The van der Waals surface area contributed by atoms with Gasteiger partial charge < -0.3 is 26.6 Å². The molecule has 0 saturated heterocycles. The largest absolute Gasteiger partial charge is 0.505 e. The first-order valence-corrected chi connectivity index (χ1v) is 5.97. The summed E-state index contributed by atoms with van der Waals surface area (Å²) in [7, 11) is 0. The van der Waals surface area contributed by atoms with E-state index in [0.717, 1.165) is 0 Å². The van der Waals surface area contributed by atoms with Crippen LogP contribution in [0.5, 0.6) is 5.75 Å². The Hall–Kier alpha value is -3.22. The van der Waals surface area contributed by atoms with Gasteiger partial charge in [0.25, 0.3) is 0 Å². The number of aromatic hydroxyl groups is 1. The van der Waals surface area contributed by atoms with Crippen molar-refractivity contribution in [2.75, 3.05) is 16.4 Å². The van der Waals surface area contributed by atoms with Crippen molar-refractivity contribution in [3.63, 3.8) is 0 Å². The third kappa shape index (κ3) is 3.21. The standard InChI is InChI=1S/C14H13N3O4/c15-9-5-1-2-6-10(9)16-14(21)17-11-7-3-4-8(12(11)18)13(19)20/h1-7,18H,15H2,(H,19,20)(H2,16,17,21). The minimum atomic E-state index is -1.29. The highest BCUT2D eigenvalue weighted by Crippen LogP contribution is 2.27. The van der Waals surface area contributed by atoms with Crippen LogP contribution >= 0.6 is 0 Å². The van der Waals surface area contributed by atoms with E-state index in [2.05, 4.69) is 10.6 Å². The number of carboxylic acid groups (broad SMARTS) is 1. The van der Waals surface area contributed by atoms with Gasteiger partial charge in [0.15, 0.2) is 5.75 Å². The molecule has 0 bridgehead atoms. The molecule has 0 unspecified atom stereocenters. The van der Waals surface area contributed by atoms with Crippen molar-refractivity contribution in [1.82, 2.24) is 0 Å². The molecule has 7 nitrogen and oxygen atoms in total. The van der Waals surface area contributed by atoms with Gasteiger partial charge >= 0.3 is 12.0 Å². The predicted molar refractivity (Wildman–Crippen MR) is 78.6 cm³/mol. The minimum Gasteiger partial charge on any atom is -0.505 e. The minimum absolute atomic E-state index is 0.0121.